The fourth-order valence-electron chi connectivity index (χ4n) is 3.04. The van der Waals surface area contributed by atoms with Crippen LogP contribution in [0.2, 0.25) is 0 Å². The Morgan fingerprint density at radius 1 is 0.969 bits per heavy atom. The van der Waals surface area contributed by atoms with Gasteiger partial charge in [0.25, 0.3) is 11.6 Å². The number of nitrogens with zero attached hydrogens (tertiary/aromatic N) is 3. The van der Waals surface area contributed by atoms with E-state index in [1.54, 1.807) is 18.3 Å². The van der Waals surface area contributed by atoms with Crippen LogP contribution in [0.3, 0.4) is 0 Å². The first-order valence-corrected chi connectivity index (χ1v) is 9.92. The number of benzene rings is 3. The van der Waals surface area contributed by atoms with Gasteiger partial charge < -0.3 is 10.1 Å². The highest BCUT2D eigenvalue weighted by Gasteiger charge is 2.11. The van der Waals surface area contributed by atoms with Gasteiger partial charge in [-0.3, -0.25) is 14.9 Å². The molecular weight excluding hydrogens is 408 g/mol. The van der Waals surface area contributed by atoms with E-state index in [-0.39, 0.29) is 11.6 Å². The van der Waals surface area contributed by atoms with Crippen LogP contribution in [0.5, 0.6) is 5.75 Å². The number of aromatic nitrogens is 2. The Morgan fingerprint density at radius 3 is 2.38 bits per heavy atom. The summed E-state index contributed by atoms with van der Waals surface area (Å²) in [6.45, 7) is 0.857. The number of nitrogens with one attached hydrogen (secondary N) is 1. The summed E-state index contributed by atoms with van der Waals surface area (Å²) in [5, 5.41) is 17.8. The first-order chi connectivity index (χ1) is 15.6. The van der Waals surface area contributed by atoms with Crippen molar-refractivity contribution in [2.45, 2.75) is 13.2 Å². The molecule has 4 rings (SSSR count). The van der Waals surface area contributed by atoms with Crippen molar-refractivity contribution in [2.24, 2.45) is 0 Å². The van der Waals surface area contributed by atoms with E-state index >= 15 is 0 Å². The molecule has 160 valence electrons. The summed E-state index contributed by atoms with van der Waals surface area (Å²) in [6.07, 6.45) is 3.04. The largest absolute Gasteiger partial charge is 0.489 e. The highest BCUT2D eigenvalue weighted by atomic mass is 16.6. The van der Waals surface area contributed by atoms with E-state index in [1.165, 1.54) is 23.0 Å². The third-order valence-corrected chi connectivity index (χ3v) is 4.79. The van der Waals surface area contributed by atoms with Crippen LogP contribution in [0.15, 0.2) is 91.3 Å². The zero-order valence-corrected chi connectivity index (χ0v) is 17.0. The fourth-order valence-corrected chi connectivity index (χ4v) is 3.04. The van der Waals surface area contributed by atoms with Crippen molar-refractivity contribution in [1.29, 1.82) is 0 Å². The smallest absolute Gasteiger partial charge is 0.269 e. The van der Waals surface area contributed by atoms with Gasteiger partial charge in [-0.1, -0.05) is 42.5 Å². The van der Waals surface area contributed by atoms with Crippen molar-refractivity contribution >= 4 is 11.6 Å². The number of carbonyl (C=O) groups is 1. The second kappa shape index (κ2) is 9.57. The van der Waals surface area contributed by atoms with Gasteiger partial charge in [-0.05, 0) is 35.4 Å². The Bertz CT molecular complexity index is 1200. The molecule has 1 aromatic heterocycles. The molecule has 4 aromatic rings. The normalized spacial score (nSPS) is 10.5. The highest BCUT2D eigenvalue weighted by molar-refractivity contribution is 5.93. The van der Waals surface area contributed by atoms with Crippen molar-refractivity contribution in [1.82, 2.24) is 15.1 Å². The molecule has 0 unspecified atom stereocenters. The molecule has 8 heteroatoms. The minimum absolute atomic E-state index is 0.00430. The predicted molar refractivity (Wildman–Crippen MR) is 119 cm³/mol. The molecule has 0 saturated carbocycles. The fraction of sp³-hybridized carbons (Fsp3) is 0.0833. The molecule has 8 nitrogen and oxygen atoms in total. The van der Waals surface area contributed by atoms with E-state index in [0.717, 1.165) is 16.9 Å². The average molecular weight is 428 g/mol. The maximum absolute atomic E-state index is 12.5. The molecule has 1 amide bonds. The van der Waals surface area contributed by atoms with Crippen LogP contribution in [0, 0.1) is 10.1 Å². The molecule has 0 aliphatic heterocycles. The highest BCUT2D eigenvalue weighted by Crippen LogP contribution is 2.16. The Hall–Kier alpha value is -4.46. The Labute approximate surface area is 184 Å². The summed E-state index contributed by atoms with van der Waals surface area (Å²) >= 11 is 0. The molecule has 1 N–H and O–H groups in total. The lowest BCUT2D eigenvalue weighted by atomic mass is 10.2. The van der Waals surface area contributed by atoms with Gasteiger partial charge in [-0.2, -0.15) is 5.10 Å². The van der Waals surface area contributed by atoms with Crippen LogP contribution < -0.4 is 10.1 Å². The zero-order chi connectivity index (χ0) is 22.3. The molecule has 0 saturated heterocycles. The number of rotatable bonds is 8. The van der Waals surface area contributed by atoms with Crippen molar-refractivity contribution < 1.29 is 14.5 Å². The lowest BCUT2D eigenvalue weighted by Gasteiger charge is -2.08. The quantitative estimate of drug-likeness (QED) is 0.333. The van der Waals surface area contributed by atoms with Gasteiger partial charge in [-0.15, -0.1) is 0 Å². The molecule has 0 atom stereocenters. The Morgan fingerprint density at radius 2 is 1.69 bits per heavy atom. The molecule has 0 fully saturated rings. The van der Waals surface area contributed by atoms with Gasteiger partial charge in [0.2, 0.25) is 0 Å². The van der Waals surface area contributed by atoms with Crippen LogP contribution in [-0.2, 0) is 13.2 Å². The van der Waals surface area contributed by atoms with Gasteiger partial charge in [0, 0.05) is 24.9 Å². The molecular formula is C24H20N4O4. The molecule has 3 aromatic carbocycles. The van der Waals surface area contributed by atoms with Gasteiger partial charge in [-0.25, -0.2) is 4.68 Å². The SMILES string of the molecule is O=C(NCc1ccc(OCc2ccccc2)cc1)c1cnn(-c2ccc([N+](=O)[O-])cc2)c1. The lowest BCUT2D eigenvalue weighted by molar-refractivity contribution is -0.384. The summed E-state index contributed by atoms with van der Waals surface area (Å²) in [4.78, 5) is 22.8. The summed E-state index contributed by atoms with van der Waals surface area (Å²) in [7, 11) is 0. The molecule has 0 bridgehead atoms. The second-order valence-electron chi connectivity index (χ2n) is 7.05. The average Bonchev–Trinajstić information content (AvgIpc) is 3.33. The first-order valence-electron chi connectivity index (χ1n) is 9.92. The standard InChI is InChI=1S/C24H20N4O4/c29-24(20-15-26-27(16-20)21-8-10-22(11-9-21)28(30)31)25-14-18-6-12-23(13-7-18)32-17-19-4-2-1-3-5-19/h1-13,15-16H,14,17H2,(H,25,29). The van der Waals surface area contributed by atoms with Gasteiger partial charge >= 0.3 is 0 Å². The van der Waals surface area contributed by atoms with E-state index in [0.29, 0.717) is 24.4 Å². The third kappa shape index (κ3) is 5.17. The van der Waals surface area contributed by atoms with Crippen LogP contribution >= 0.6 is 0 Å². The monoisotopic (exact) mass is 428 g/mol. The van der Waals surface area contributed by atoms with E-state index in [1.807, 2.05) is 54.6 Å². The van der Waals surface area contributed by atoms with Crippen molar-refractivity contribution in [3.8, 4) is 11.4 Å². The maximum Gasteiger partial charge on any atom is 0.269 e. The van der Waals surface area contributed by atoms with Gasteiger partial charge in [0.15, 0.2) is 0 Å². The van der Waals surface area contributed by atoms with E-state index in [9.17, 15) is 14.9 Å². The number of ether oxygens (including phenoxy) is 1. The number of non-ortho nitro benzene ring substituents is 1. The lowest BCUT2D eigenvalue weighted by Crippen LogP contribution is -2.22. The van der Waals surface area contributed by atoms with Crippen LogP contribution in [-0.4, -0.2) is 20.6 Å². The topological polar surface area (TPSA) is 99.3 Å². The van der Waals surface area contributed by atoms with E-state index in [4.69, 9.17) is 4.74 Å². The van der Waals surface area contributed by atoms with Crippen LogP contribution in [0.4, 0.5) is 5.69 Å². The Balaban J connectivity index is 1.30. The molecule has 0 spiro atoms. The van der Waals surface area contributed by atoms with Crippen molar-refractivity contribution in [3.05, 3.63) is 118 Å². The number of amides is 1. The van der Waals surface area contributed by atoms with E-state index < -0.39 is 4.92 Å². The number of nitro benzene ring substituents is 1. The van der Waals surface area contributed by atoms with Crippen LogP contribution in [0.1, 0.15) is 21.5 Å². The zero-order valence-electron chi connectivity index (χ0n) is 17.0. The third-order valence-electron chi connectivity index (χ3n) is 4.79. The second-order valence-corrected chi connectivity index (χ2v) is 7.05. The van der Waals surface area contributed by atoms with Crippen molar-refractivity contribution in [3.63, 3.8) is 0 Å². The number of nitro groups is 1. The van der Waals surface area contributed by atoms with E-state index in [2.05, 4.69) is 10.4 Å². The number of hydrogen-bond donors (Lipinski definition) is 1. The number of hydrogen-bond acceptors (Lipinski definition) is 5. The Kier molecular flexibility index (Phi) is 6.22. The van der Waals surface area contributed by atoms with Gasteiger partial charge in [0.1, 0.15) is 12.4 Å². The van der Waals surface area contributed by atoms with Crippen LogP contribution in [0.25, 0.3) is 5.69 Å². The van der Waals surface area contributed by atoms with Crippen molar-refractivity contribution in [2.75, 3.05) is 0 Å². The minimum atomic E-state index is -0.465. The summed E-state index contributed by atoms with van der Waals surface area (Å²) in [6, 6.07) is 23.4. The molecule has 1 heterocycles. The summed E-state index contributed by atoms with van der Waals surface area (Å²) in [5.41, 5.74) is 3.05. The summed E-state index contributed by atoms with van der Waals surface area (Å²) < 4.78 is 7.27. The predicted octanol–water partition coefficient (Wildman–Crippen LogP) is 4.29. The molecule has 0 aliphatic carbocycles. The minimum Gasteiger partial charge on any atom is -0.489 e. The maximum atomic E-state index is 12.5. The number of carbonyl (C=O) groups excluding carboxylic acids is 1. The molecule has 32 heavy (non-hydrogen) atoms. The van der Waals surface area contributed by atoms with Gasteiger partial charge in [0.05, 0.1) is 22.4 Å². The summed E-state index contributed by atoms with van der Waals surface area (Å²) in [5.74, 6) is 0.496. The first kappa shape index (κ1) is 20.8. The molecule has 0 aliphatic rings. The molecule has 0 radical (unpaired) electrons.